The van der Waals surface area contributed by atoms with Crippen LogP contribution < -0.4 is 9.64 Å². The molecule has 1 aliphatic rings. The lowest BCUT2D eigenvalue weighted by atomic mass is 10.1. The number of aromatic nitrogens is 2. The molecule has 0 saturated carbocycles. The molecule has 1 fully saturated rings. The lowest BCUT2D eigenvalue weighted by molar-refractivity contribution is 0.245. The van der Waals surface area contributed by atoms with Gasteiger partial charge in [-0.25, -0.2) is 9.97 Å². The van der Waals surface area contributed by atoms with Crippen molar-refractivity contribution in [3.8, 4) is 11.5 Å². The summed E-state index contributed by atoms with van der Waals surface area (Å²) in [5, 5.41) is 9.98. The standard InChI is InChI=1S/C16H20N4O2/c1-22-14-3-4-15(21)13(11-14)12-19-7-9-20(10-8-19)16-17-5-2-6-18-16/h2-6,11,21H,7-10,12H2,1H3. The number of nitrogens with zero attached hydrogens (tertiary/aromatic N) is 4. The highest BCUT2D eigenvalue weighted by Crippen LogP contribution is 2.24. The molecule has 0 atom stereocenters. The minimum atomic E-state index is 0.314. The first-order chi connectivity index (χ1) is 10.8. The molecule has 0 spiro atoms. The van der Waals surface area contributed by atoms with Gasteiger partial charge in [-0.3, -0.25) is 4.90 Å². The molecule has 0 bridgehead atoms. The number of piperazine rings is 1. The smallest absolute Gasteiger partial charge is 0.225 e. The number of rotatable bonds is 4. The number of methoxy groups -OCH3 is 1. The molecule has 2 heterocycles. The number of phenols is 1. The predicted molar refractivity (Wildman–Crippen MR) is 84.2 cm³/mol. The third kappa shape index (κ3) is 3.28. The van der Waals surface area contributed by atoms with Crippen LogP contribution in [0.4, 0.5) is 5.95 Å². The SMILES string of the molecule is COc1ccc(O)c(CN2CCN(c3ncccn3)CC2)c1. The summed E-state index contributed by atoms with van der Waals surface area (Å²) in [5.41, 5.74) is 0.892. The molecule has 2 aromatic rings. The van der Waals surface area contributed by atoms with E-state index in [0.717, 1.165) is 43.4 Å². The van der Waals surface area contributed by atoms with Gasteiger partial charge in [-0.15, -0.1) is 0 Å². The van der Waals surface area contributed by atoms with Gasteiger partial charge >= 0.3 is 0 Å². The van der Waals surface area contributed by atoms with E-state index in [2.05, 4.69) is 19.8 Å². The van der Waals surface area contributed by atoms with E-state index in [1.807, 2.05) is 12.1 Å². The van der Waals surface area contributed by atoms with E-state index >= 15 is 0 Å². The summed E-state index contributed by atoms with van der Waals surface area (Å²) in [6, 6.07) is 7.17. The van der Waals surface area contributed by atoms with Gasteiger partial charge in [0.1, 0.15) is 11.5 Å². The molecule has 3 rings (SSSR count). The van der Waals surface area contributed by atoms with Crippen LogP contribution in [0.2, 0.25) is 0 Å². The van der Waals surface area contributed by atoms with E-state index in [-0.39, 0.29) is 0 Å². The van der Waals surface area contributed by atoms with E-state index in [4.69, 9.17) is 4.74 Å². The molecule has 1 aliphatic heterocycles. The van der Waals surface area contributed by atoms with Crippen LogP contribution in [0.5, 0.6) is 11.5 Å². The lowest BCUT2D eigenvalue weighted by Crippen LogP contribution is -2.46. The quantitative estimate of drug-likeness (QED) is 0.923. The summed E-state index contributed by atoms with van der Waals surface area (Å²) in [4.78, 5) is 13.1. The summed E-state index contributed by atoms with van der Waals surface area (Å²) in [6.07, 6.45) is 3.53. The summed E-state index contributed by atoms with van der Waals surface area (Å²) in [7, 11) is 1.63. The average molecular weight is 300 g/mol. The molecule has 0 unspecified atom stereocenters. The summed E-state index contributed by atoms with van der Waals surface area (Å²) in [5.74, 6) is 1.87. The van der Waals surface area contributed by atoms with Gasteiger partial charge in [0.15, 0.2) is 0 Å². The average Bonchev–Trinajstić information content (AvgIpc) is 2.58. The van der Waals surface area contributed by atoms with Crippen molar-refractivity contribution in [2.45, 2.75) is 6.54 Å². The minimum absolute atomic E-state index is 0.314. The molecule has 1 saturated heterocycles. The number of hydrogen-bond acceptors (Lipinski definition) is 6. The predicted octanol–water partition coefficient (Wildman–Crippen LogP) is 1.51. The number of anilines is 1. The van der Waals surface area contributed by atoms with Crippen LogP contribution in [-0.2, 0) is 6.54 Å². The second kappa shape index (κ2) is 6.62. The number of hydrogen-bond donors (Lipinski definition) is 1. The Morgan fingerprint density at radius 3 is 2.55 bits per heavy atom. The maximum Gasteiger partial charge on any atom is 0.225 e. The minimum Gasteiger partial charge on any atom is -0.508 e. The first-order valence-electron chi connectivity index (χ1n) is 7.36. The fourth-order valence-electron chi connectivity index (χ4n) is 2.62. The molecule has 116 valence electrons. The molecule has 0 amide bonds. The summed E-state index contributed by atoms with van der Waals surface area (Å²) >= 11 is 0. The molecule has 1 N–H and O–H groups in total. The Morgan fingerprint density at radius 1 is 1.14 bits per heavy atom. The molecular weight excluding hydrogens is 280 g/mol. The molecule has 6 nitrogen and oxygen atoms in total. The Morgan fingerprint density at radius 2 is 1.86 bits per heavy atom. The Balaban J connectivity index is 1.60. The Kier molecular flexibility index (Phi) is 4.39. The van der Waals surface area contributed by atoms with E-state index < -0.39 is 0 Å². The molecule has 0 radical (unpaired) electrons. The maximum absolute atomic E-state index is 9.98. The molecule has 1 aromatic heterocycles. The van der Waals surface area contributed by atoms with Crippen LogP contribution in [0.1, 0.15) is 5.56 Å². The highest BCUT2D eigenvalue weighted by atomic mass is 16.5. The van der Waals surface area contributed by atoms with Crippen molar-refractivity contribution in [3.05, 3.63) is 42.2 Å². The van der Waals surface area contributed by atoms with Crippen LogP contribution in [0.25, 0.3) is 0 Å². The fourth-order valence-corrected chi connectivity index (χ4v) is 2.62. The zero-order valence-corrected chi connectivity index (χ0v) is 12.6. The Labute approximate surface area is 130 Å². The van der Waals surface area contributed by atoms with Crippen molar-refractivity contribution in [1.29, 1.82) is 0 Å². The Bertz CT molecular complexity index is 613. The Hall–Kier alpha value is -2.34. The van der Waals surface area contributed by atoms with Crippen molar-refractivity contribution in [3.63, 3.8) is 0 Å². The zero-order valence-electron chi connectivity index (χ0n) is 12.6. The van der Waals surface area contributed by atoms with E-state index in [9.17, 15) is 5.11 Å². The van der Waals surface area contributed by atoms with Gasteiger partial charge in [-0.1, -0.05) is 0 Å². The van der Waals surface area contributed by atoms with Crippen LogP contribution in [0, 0.1) is 0 Å². The van der Waals surface area contributed by atoms with E-state index in [0.29, 0.717) is 12.3 Å². The first-order valence-corrected chi connectivity index (χ1v) is 7.36. The molecule has 22 heavy (non-hydrogen) atoms. The van der Waals surface area contributed by atoms with Crippen LogP contribution in [-0.4, -0.2) is 53.3 Å². The third-order valence-electron chi connectivity index (χ3n) is 3.89. The largest absolute Gasteiger partial charge is 0.508 e. The van der Waals surface area contributed by atoms with Crippen molar-refractivity contribution in [2.24, 2.45) is 0 Å². The second-order valence-electron chi connectivity index (χ2n) is 5.31. The monoisotopic (exact) mass is 300 g/mol. The third-order valence-corrected chi connectivity index (χ3v) is 3.89. The van der Waals surface area contributed by atoms with Crippen molar-refractivity contribution in [1.82, 2.24) is 14.9 Å². The van der Waals surface area contributed by atoms with E-state index in [1.54, 1.807) is 31.6 Å². The van der Waals surface area contributed by atoms with Crippen LogP contribution in [0.3, 0.4) is 0 Å². The van der Waals surface area contributed by atoms with Gasteiger partial charge < -0.3 is 14.7 Å². The van der Waals surface area contributed by atoms with Gasteiger partial charge in [0.05, 0.1) is 7.11 Å². The number of aromatic hydroxyl groups is 1. The second-order valence-corrected chi connectivity index (χ2v) is 5.31. The number of benzene rings is 1. The normalized spacial score (nSPS) is 15.8. The molecular formula is C16H20N4O2. The lowest BCUT2D eigenvalue weighted by Gasteiger charge is -2.34. The van der Waals surface area contributed by atoms with Gasteiger partial charge in [-0.05, 0) is 24.3 Å². The van der Waals surface area contributed by atoms with Gasteiger partial charge in [-0.2, -0.15) is 0 Å². The highest BCUT2D eigenvalue weighted by Gasteiger charge is 2.19. The maximum atomic E-state index is 9.98. The number of ether oxygens (including phenoxy) is 1. The van der Waals surface area contributed by atoms with E-state index in [1.165, 1.54) is 0 Å². The zero-order chi connectivity index (χ0) is 15.4. The van der Waals surface area contributed by atoms with Crippen LogP contribution in [0.15, 0.2) is 36.7 Å². The number of phenolic OH excluding ortho intramolecular Hbond substituents is 1. The van der Waals surface area contributed by atoms with Gasteiger partial charge in [0.25, 0.3) is 0 Å². The van der Waals surface area contributed by atoms with Crippen LogP contribution >= 0.6 is 0 Å². The molecule has 6 heteroatoms. The molecule has 1 aromatic carbocycles. The molecule has 0 aliphatic carbocycles. The van der Waals surface area contributed by atoms with Gasteiger partial charge in [0.2, 0.25) is 5.95 Å². The summed E-state index contributed by atoms with van der Waals surface area (Å²) < 4.78 is 5.22. The summed E-state index contributed by atoms with van der Waals surface area (Å²) in [6.45, 7) is 4.31. The first kappa shape index (κ1) is 14.6. The van der Waals surface area contributed by atoms with Crippen molar-refractivity contribution in [2.75, 3.05) is 38.2 Å². The fraction of sp³-hybridized carbons (Fsp3) is 0.375. The van der Waals surface area contributed by atoms with Crippen molar-refractivity contribution < 1.29 is 9.84 Å². The topological polar surface area (TPSA) is 61.7 Å². The van der Waals surface area contributed by atoms with Gasteiger partial charge in [0, 0.05) is 50.7 Å². The van der Waals surface area contributed by atoms with Crippen molar-refractivity contribution >= 4 is 5.95 Å². The highest BCUT2D eigenvalue weighted by molar-refractivity contribution is 5.39.